The fourth-order valence-corrected chi connectivity index (χ4v) is 3.42. The van der Waals surface area contributed by atoms with E-state index >= 15 is 0 Å². The van der Waals surface area contributed by atoms with Crippen LogP contribution in [0.25, 0.3) is 0 Å². The fourth-order valence-electron chi connectivity index (χ4n) is 3.42. The average Bonchev–Trinajstić information content (AvgIpc) is 3.24. The molecule has 0 aliphatic carbocycles. The molecular formula is C15H22N6O. The van der Waals surface area contributed by atoms with Crippen molar-refractivity contribution in [2.45, 2.75) is 25.9 Å². The molecule has 0 amide bonds. The topological polar surface area (TPSA) is 61.0 Å². The number of ether oxygens (including phenoxy) is 1. The molecule has 4 heterocycles. The van der Waals surface area contributed by atoms with E-state index in [-0.39, 0.29) is 0 Å². The van der Waals surface area contributed by atoms with Gasteiger partial charge in [0.25, 0.3) is 0 Å². The van der Waals surface area contributed by atoms with E-state index in [9.17, 15) is 0 Å². The quantitative estimate of drug-likeness (QED) is 0.819. The third-order valence-corrected chi connectivity index (χ3v) is 4.64. The predicted molar refractivity (Wildman–Crippen MR) is 80.4 cm³/mol. The van der Waals surface area contributed by atoms with Gasteiger partial charge in [-0.25, -0.2) is 14.6 Å². The monoisotopic (exact) mass is 302 g/mol. The molecule has 2 aromatic rings. The zero-order valence-electron chi connectivity index (χ0n) is 12.8. The van der Waals surface area contributed by atoms with E-state index in [1.54, 1.807) is 12.7 Å². The molecule has 4 rings (SSSR count). The summed E-state index contributed by atoms with van der Waals surface area (Å²) in [7, 11) is 0. The normalized spacial score (nSPS) is 22.6. The molecule has 2 aromatic heterocycles. The molecule has 0 saturated carbocycles. The minimum atomic E-state index is 0.708. The lowest BCUT2D eigenvalue weighted by molar-refractivity contribution is 0.167. The lowest BCUT2D eigenvalue weighted by atomic mass is 10.1. The van der Waals surface area contributed by atoms with Crippen LogP contribution >= 0.6 is 0 Å². The maximum atomic E-state index is 5.49. The van der Waals surface area contributed by atoms with E-state index < -0.39 is 0 Å². The Balaban J connectivity index is 1.42. The molecule has 0 unspecified atom stereocenters. The van der Waals surface area contributed by atoms with Gasteiger partial charge in [-0.1, -0.05) is 0 Å². The van der Waals surface area contributed by atoms with Gasteiger partial charge in [-0.2, -0.15) is 5.10 Å². The molecule has 1 saturated heterocycles. The van der Waals surface area contributed by atoms with Gasteiger partial charge in [-0.05, 0) is 12.3 Å². The molecule has 7 nitrogen and oxygen atoms in total. The summed E-state index contributed by atoms with van der Waals surface area (Å²) in [5, 5.41) is 4.19. The van der Waals surface area contributed by atoms with Crippen molar-refractivity contribution in [2.75, 3.05) is 32.8 Å². The molecule has 1 fully saturated rings. The Morgan fingerprint density at radius 3 is 3.09 bits per heavy atom. The summed E-state index contributed by atoms with van der Waals surface area (Å²) >= 11 is 0. The number of rotatable bonds is 4. The first-order valence-corrected chi connectivity index (χ1v) is 8.04. The summed E-state index contributed by atoms with van der Waals surface area (Å²) in [5.41, 5.74) is 1.21. The van der Waals surface area contributed by atoms with Crippen molar-refractivity contribution in [3.63, 3.8) is 0 Å². The predicted octanol–water partition coefficient (Wildman–Crippen LogP) is 0.417. The summed E-state index contributed by atoms with van der Waals surface area (Å²) < 4.78 is 9.70. The van der Waals surface area contributed by atoms with E-state index in [1.807, 2.05) is 10.9 Å². The van der Waals surface area contributed by atoms with Crippen LogP contribution < -0.4 is 0 Å². The van der Waals surface area contributed by atoms with E-state index in [2.05, 4.69) is 24.5 Å². The Morgan fingerprint density at radius 1 is 1.27 bits per heavy atom. The molecule has 0 aromatic carbocycles. The van der Waals surface area contributed by atoms with E-state index in [0.29, 0.717) is 5.92 Å². The number of imidazole rings is 1. The van der Waals surface area contributed by atoms with Gasteiger partial charge in [0.05, 0.1) is 25.0 Å². The van der Waals surface area contributed by atoms with Crippen molar-refractivity contribution in [1.29, 1.82) is 0 Å². The standard InChI is InChI=1S/C15H22N6O/c1-3-19(8-13-2-6-22-10-13)4-5-21-14(7-17-15(1)21)9-20-12-16-11-18-20/h7,11-13H,1-6,8-10H2/t13-/m1/s1. The van der Waals surface area contributed by atoms with E-state index in [4.69, 9.17) is 4.74 Å². The number of aromatic nitrogens is 5. The minimum Gasteiger partial charge on any atom is -0.381 e. The Kier molecular flexibility index (Phi) is 3.90. The van der Waals surface area contributed by atoms with Crippen molar-refractivity contribution >= 4 is 0 Å². The molecule has 22 heavy (non-hydrogen) atoms. The highest BCUT2D eigenvalue weighted by molar-refractivity contribution is 5.07. The van der Waals surface area contributed by atoms with Gasteiger partial charge >= 0.3 is 0 Å². The number of nitrogens with zero attached hydrogens (tertiary/aromatic N) is 6. The number of hydrogen-bond donors (Lipinski definition) is 0. The lowest BCUT2D eigenvalue weighted by Crippen LogP contribution is -2.32. The zero-order chi connectivity index (χ0) is 14.8. The minimum absolute atomic E-state index is 0.708. The summed E-state index contributed by atoms with van der Waals surface area (Å²) in [5.74, 6) is 1.90. The van der Waals surface area contributed by atoms with Crippen LogP contribution in [0, 0.1) is 5.92 Å². The van der Waals surface area contributed by atoms with Gasteiger partial charge in [0, 0.05) is 39.2 Å². The van der Waals surface area contributed by atoms with Crippen LogP contribution in [0.4, 0.5) is 0 Å². The van der Waals surface area contributed by atoms with Crippen LogP contribution in [0.2, 0.25) is 0 Å². The van der Waals surface area contributed by atoms with E-state index in [1.165, 1.54) is 17.9 Å². The first kappa shape index (κ1) is 13.9. The van der Waals surface area contributed by atoms with Crippen LogP contribution in [-0.4, -0.2) is 62.1 Å². The summed E-state index contributed by atoms with van der Waals surface area (Å²) in [6.07, 6.45) is 7.54. The second kappa shape index (κ2) is 6.18. The van der Waals surface area contributed by atoms with Crippen LogP contribution in [0.5, 0.6) is 0 Å². The Labute approximate surface area is 129 Å². The molecule has 1 atom stereocenters. The van der Waals surface area contributed by atoms with Gasteiger partial charge < -0.3 is 14.2 Å². The van der Waals surface area contributed by atoms with E-state index in [0.717, 1.165) is 52.4 Å². The lowest BCUT2D eigenvalue weighted by Gasteiger charge is -2.22. The second-order valence-corrected chi connectivity index (χ2v) is 6.19. The molecular weight excluding hydrogens is 280 g/mol. The molecule has 0 radical (unpaired) electrons. The summed E-state index contributed by atoms with van der Waals surface area (Å²) in [6.45, 7) is 6.95. The third-order valence-electron chi connectivity index (χ3n) is 4.64. The molecule has 0 N–H and O–H groups in total. The van der Waals surface area contributed by atoms with Crippen molar-refractivity contribution in [3.05, 3.63) is 30.4 Å². The van der Waals surface area contributed by atoms with Crippen molar-refractivity contribution in [2.24, 2.45) is 5.92 Å². The number of hydrogen-bond acceptors (Lipinski definition) is 5. The zero-order valence-corrected chi connectivity index (χ0v) is 12.8. The Bertz CT molecular complexity index is 602. The van der Waals surface area contributed by atoms with Crippen LogP contribution in [0.3, 0.4) is 0 Å². The largest absolute Gasteiger partial charge is 0.381 e. The highest BCUT2D eigenvalue weighted by atomic mass is 16.5. The van der Waals surface area contributed by atoms with Crippen molar-refractivity contribution in [1.82, 2.24) is 29.2 Å². The van der Waals surface area contributed by atoms with Gasteiger partial charge in [0.15, 0.2) is 0 Å². The van der Waals surface area contributed by atoms with Crippen molar-refractivity contribution in [3.8, 4) is 0 Å². The van der Waals surface area contributed by atoms with Gasteiger partial charge in [0.1, 0.15) is 18.5 Å². The molecule has 0 bridgehead atoms. The Hall–Kier alpha value is -1.73. The fraction of sp³-hybridized carbons (Fsp3) is 0.667. The Morgan fingerprint density at radius 2 is 2.27 bits per heavy atom. The molecule has 2 aliphatic rings. The maximum Gasteiger partial charge on any atom is 0.137 e. The average molecular weight is 302 g/mol. The first-order chi connectivity index (χ1) is 10.9. The second-order valence-electron chi connectivity index (χ2n) is 6.19. The molecule has 2 aliphatic heterocycles. The number of fused-ring (bicyclic) bond motifs is 1. The molecule has 118 valence electrons. The van der Waals surface area contributed by atoms with Crippen LogP contribution in [-0.2, 0) is 24.2 Å². The first-order valence-electron chi connectivity index (χ1n) is 8.04. The summed E-state index contributed by atoms with van der Waals surface area (Å²) in [6, 6.07) is 0. The van der Waals surface area contributed by atoms with Crippen LogP contribution in [0.1, 0.15) is 17.9 Å². The highest BCUT2D eigenvalue weighted by Crippen LogP contribution is 2.17. The molecule has 0 spiro atoms. The smallest absolute Gasteiger partial charge is 0.137 e. The molecule has 7 heteroatoms. The SMILES string of the molecule is c1ncn(Cc2cnc3n2CCN(C[C@H]2CCOC2)CC3)n1. The van der Waals surface area contributed by atoms with Gasteiger partial charge in [0.2, 0.25) is 0 Å². The van der Waals surface area contributed by atoms with Crippen molar-refractivity contribution < 1.29 is 4.74 Å². The van der Waals surface area contributed by atoms with Gasteiger partial charge in [-0.3, -0.25) is 0 Å². The van der Waals surface area contributed by atoms with Gasteiger partial charge in [-0.15, -0.1) is 0 Å². The summed E-state index contributed by atoms with van der Waals surface area (Å²) in [4.78, 5) is 11.2. The third kappa shape index (κ3) is 2.91. The maximum absolute atomic E-state index is 5.49. The van der Waals surface area contributed by atoms with Crippen LogP contribution in [0.15, 0.2) is 18.9 Å². The highest BCUT2D eigenvalue weighted by Gasteiger charge is 2.22.